The fourth-order valence-electron chi connectivity index (χ4n) is 10.2. The Morgan fingerprint density at radius 2 is 1.14 bits per heavy atom. The Balaban J connectivity index is 0.962. The van der Waals surface area contributed by atoms with E-state index in [-0.39, 0.29) is 6.04 Å². The van der Waals surface area contributed by atoms with Gasteiger partial charge in [0.2, 0.25) is 0 Å². The first kappa shape index (κ1) is 35.8. The van der Waals surface area contributed by atoms with Gasteiger partial charge in [-0.05, 0) is 160 Å². The third-order valence-electron chi connectivity index (χ3n) is 13.3. The molecule has 2 atom stereocenters. The molecule has 0 bridgehead atoms. The average molecular weight is 763 g/mol. The van der Waals surface area contributed by atoms with Gasteiger partial charge in [-0.15, -0.1) is 0 Å². The number of hydrogen-bond acceptors (Lipinski definition) is 1. The molecule has 1 aromatic heterocycles. The van der Waals surface area contributed by atoms with Crippen molar-refractivity contribution in [3.05, 3.63) is 203 Å². The second kappa shape index (κ2) is 14.8. The molecule has 3 aliphatic rings. The Morgan fingerprint density at radius 3 is 1.86 bits per heavy atom. The van der Waals surface area contributed by atoms with E-state index in [1.54, 1.807) is 0 Å². The largest absolute Gasteiger partial charge is 0.333 e. The molecule has 0 N–H and O–H groups in total. The fraction of sp³-hybridized carbons (Fsp3) is 0.193. The lowest BCUT2D eigenvalue weighted by molar-refractivity contribution is 0.745. The molecule has 8 aromatic rings. The first-order valence-electron chi connectivity index (χ1n) is 21.9. The third kappa shape index (κ3) is 6.16. The van der Waals surface area contributed by atoms with Crippen LogP contribution in [0.2, 0.25) is 0 Å². The van der Waals surface area contributed by atoms with Crippen molar-refractivity contribution in [2.24, 2.45) is 0 Å². The zero-order chi connectivity index (χ0) is 39.5. The minimum absolute atomic E-state index is 0.261. The number of hydrogen-bond donors (Lipinski definition) is 0. The molecule has 288 valence electrons. The van der Waals surface area contributed by atoms with E-state index < -0.39 is 0 Å². The monoisotopic (exact) mass is 762 g/mol. The molecule has 1 aliphatic heterocycles. The van der Waals surface area contributed by atoms with Crippen molar-refractivity contribution in [2.75, 3.05) is 4.90 Å². The van der Waals surface area contributed by atoms with Crippen LogP contribution in [0.25, 0.3) is 55.3 Å². The second-order valence-electron chi connectivity index (χ2n) is 17.0. The van der Waals surface area contributed by atoms with Crippen molar-refractivity contribution in [2.45, 2.75) is 70.8 Å². The highest BCUT2D eigenvalue weighted by molar-refractivity contribution is 6.11. The summed E-state index contributed by atoms with van der Waals surface area (Å²) in [7, 11) is 0. The molecule has 11 rings (SSSR count). The number of benzene rings is 7. The Morgan fingerprint density at radius 1 is 0.542 bits per heavy atom. The maximum absolute atomic E-state index is 2.55. The number of aromatic nitrogens is 1. The number of rotatable bonds is 10. The molecule has 0 saturated carbocycles. The second-order valence-corrected chi connectivity index (χ2v) is 17.0. The van der Waals surface area contributed by atoms with Crippen LogP contribution < -0.4 is 4.90 Å². The molecule has 0 fully saturated rings. The molecule has 2 unspecified atom stereocenters. The Labute approximate surface area is 348 Å². The van der Waals surface area contributed by atoms with Crippen LogP contribution in [0.4, 0.5) is 11.4 Å². The van der Waals surface area contributed by atoms with E-state index in [1.165, 1.54) is 126 Å². The summed E-state index contributed by atoms with van der Waals surface area (Å²) in [5, 5.41) is 2.65. The first-order valence-corrected chi connectivity index (χ1v) is 21.9. The molecular weight excluding hydrogens is 713 g/mol. The van der Waals surface area contributed by atoms with Crippen molar-refractivity contribution < 1.29 is 0 Å². The molecule has 0 spiro atoms. The first-order chi connectivity index (χ1) is 29.1. The summed E-state index contributed by atoms with van der Waals surface area (Å²) in [6.07, 6.45) is 15.5. The Hall–Kier alpha value is -6.38. The summed E-state index contributed by atoms with van der Waals surface area (Å²) >= 11 is 0. The van der Waals surface area contributed by atoms with Crippen LogP contribution in [0.15, 0.2) is 170 Å². The maximum atomic E-state index is 2.55. The summed E-state index contributed by atoms with van der Waals surface area (Å²) in [5.41, 5.74) is 21.4. The standard InChI is InChI=1S/C57H50N2/c1-3-5-13-38-19-27-54-50(31-38)52-36-42(25-29-56(52)58(54)46-15-9-7-10-16-46)40-21-23-44-33-45-24-22-41(35-49(45)48(44)34-40)43-26-30-57-53(37-43)51-32-39(14-6-4-2)20-28-55(51)59(57)47-17-11-8-12-18-47/h7-12,15-32,34-37,52,56H,3-6,13-14,33H2,1-2H3. The number of nitrogens with zero attached hydrogens (tertiary/aromatic N) is 2. The lowest BCUT2D eigenvalue weighted by Crippen LogP contribution is -2.28. The normalized spacial score (nSPS) is 16.3. The van der Waals surface area contributed by atoms with Crippen molar-refractivity contribution in [3.63, 3.8) is 0 Å². The fourth-order valence-corrected chi connectivity index (χ4v) is 10.2. The molecule has 2 aliphatic carbocycles. The number of unbranched alkanes of at least 4 members (excludes halogenated alkanes) is 2. The lowest BCUT2D eigenvalue weighted by atomic mass is 9.85. The van der Waals surface area contributed by atoms with Gasteiger partial charge < -0.3 is 9.47 Å². The SMILES string of the molecule is CCCCc1ccc2c(c1)C1C=C(c3ccc4c(c3)-c3cc(-c5ccc6c(c5)c5cc(CCCC)ccc5n6-c5ccccc5)ccc3C4)C=CC1N2c1ccccc1. The minimum atomic E-state index is 0.261. The quantitative estimate of drug-likeness (QED) is 0.135. The van der Waals surface area contributed by atoms with E-state index in [0.29, 0.717) is 5.92 Å². The molecule has 0 radical (unpaired) electrons. The van der Waals surface area contributed by atoms with Gasteiger partial charge in [0.05, 0.1) is 17.1 Å². The van der Waals surface area contributed by atoms with E-state index in [9.17, 15) is 0 Å². The molecular formula is C57H50N2. The van der Waals surface area contributed by atoms with Crippen LogP contribution in [0.1, 0.15) is 78.8 Å². The van der Waals surface area contributed by atoms with Gasteiger partial charge in [0.15, 0.2) is 0 Å². The van der Waals surface area contributed by atoms with Crippen molar-refractivity contribution in [3.8, 4) is 27.9 Å². The number of anilines is 2. The van der Waals surface area contributed by atoms with Gasteiger partial charge >= 0.3 is 0 Å². The Kier molecular flexibility index (Phi) is 8.95. The van der Waals surface area contributed by atoms with Gasteiger partial charge in [0, 0.05) is 33.8 Å². The van der Waals surface area contributed by atoms with Gasteiger partial charge in [-0.1, -0.05) is 130 Å². The maximum Gasteiger partial charge on any atom is 0.0630 e. The third-order valence-corrected chi connectivity index (χ3v) is 13.3. The van der Waals surface area contributed by atoms with Gasteiger partial charge in [-0.2, -0.15) is 0 Å². The summed E-state index contributed by atoms with van der Waals surface area (Å²) in [4.78, 5) is 2.55. The molecule has 2 nitrogen and oxygen atoms in total. The number of allylic oxidation sites excluding steroid dienone is 2. The number of para-hydroxylation sites is 2. The van der Waals surface area contributed by atoms with Gasteiger partial charge in [-0.25, -0.2) is 0 Å². The predicted octanol–water partition coefficient (Wildman–Crippen LogP) is 15.0. The highest BCUT2D eigenvalue weighted by Crippen LogP contribution is 2.50. The zero-order valence-electron chi connectivity index (χ0n) is 34.2. The summed E-state index contributed by atoms with van der Waals surface area (Å²) in [5.74, 6) is 0.296. The van der Waals surface area contributed by atoms with Crippen LogP contribution >= 0.6 is 0 Å². The van der Waals surface area contributed by atoms with Crippen LogP contribution in [0, 0.1) is 0 Å². The summed E-state index contributed by atoms with van der Waals surface area (Å²) in [6, 6.07) is 57.8. The summed E-state index contributed by atoms with van der Waals surface area (Å²) in [6.45, 7) is 4.56. The molecule has 2 heteroatoms. The van der Waals surface area contributed by atoms with E-state index in [2.05, 4.69) is 193 Å². The van der Waals surface area contributed by atoms with Crippen LogP contribution in [0.3, 0.4) is 0 Å². The van der Waals surface area contributed by atoms with E-state index in [4.69, 9.17) is 0 Å². The average Bonchev–Trinajstić information content (AvgIpc) is 3.94. The molecule has 0 saturated heterocycles. The smallest absolute Gasteiger partial charge is 0.0630 e. The topological polar surface area (TPSA) is 8.17 Å². The van der Waals surface area contributed by atoms with Crippen LogP contribution in [-0.2, 0) is 19.3 Å². The minimum Gasteiger partial charge on any atom is -0.333 e. The summed E-state index contributed by atoms with van der Waals surface area (Å²) < 4.78 is 2.43. The van der Waals surface area contributed by atoms with Crippen LogP contribution in [-0.4, -0.2) is 10.6 Å². The molecule has 0 amide bonds. The van der Waals surface area contributed by atoms with E-state index in [1.807, 2.05) is 0 Å². The highest BCUT2D eigenvalue weighted by Gasteiger charge is 2.38. The predicted molar refractivity (Wildman–Crippen MR) is 250 cm³/mol. The molecule has 7 aromatic carbocycles. The van der Waals surface area contributed by atoms with Gasteiger partial charge in [0.1, 0.15) is 0 Å². The van der Waals surface area contributed by atoms with Crippen LogP contribution in [0.5, 0.6) is 0 Å². The van der Waals surface area contributed by atoms with Crippen molar-refractivity contribution >= 4 is 38.8 Å². The lowest BCUT2D eigenvalue weighted by Gasteiger charge is -2.29. The molecule has 2 heterocycles. The number of aryl methyl sites for hydroxylation is 2. The van der Waals surface area contributed by atoms with Crippen molar-refractivity contribution in [1.29, 1.82) is 0 Å². The van der Waals surface area contributed by atoms with E-state index in [0.717, 1.165) is 19.3 Å². The number of fused-ring (bicyclic) bond motifs is 9. The highest BCUT2D eigenvalue weighted by atomic mass is 15.2. The van der Waals surface area contributed by atoms with Gasteiger partial charge in [-0.3, -0.25) is 0 Å². The van der Waals surface area contributed by atoms with Crippen molar-refractivity contribution in [1.82, 2.24) is 4.57 Å². The zero-order valence-corrected chi connectivity index (χ0v) is 34.2. The van der Waals surface area contributed by atoms with Gasteiger partial charge in [0.25, 0.3) is 0 Å². The van der Waals surface area contributed by atoms with E-state index >= 15 is 0 Å². The molecule has 59 heavy (non-hydrogen) atoms. The Bertz CT molecular complexity index is 2940.